The van der Waals surface area contributed by atoms with Gasteiger partial charge < -0.3 is 5.11 Å². The van der Waals surface area contributed by atoms with Gasteiger partial charge >= 0.3 is 5.97 Å². The average molecular weight is 229 g/mol. The highest BCUT2D eigenvalue weighted by Crippen LogP contribution is 2.48. The van der Waals surface area contributed by atoms with Gasteiger partial charge in [0, 0.05) is 6.54 Å². The van der Waals surface area contributed by atoms with Gasteiger partial charge in [0.05, 0.1) is 6.54 Å². The molecule has 1 N–H and O–H groups in total. The fourth-order valence-electron chi connectivity index (χ4n) is 3.21. The molecule has 0 bridgehead atoms. The Morgan fingerprint density at radius 3 is 2.93 bits per heavy atom. The lowest BCUT2D eigenvalue weighted by Crippen LogP contribution is -2.30. The molecule has 0 radical (unpaired) electrons. The van der Waals surface area contributed by atoms with Crippen LogP contribution in [0.3, 0.4) is 0 Å². The number of nitrogens with zero attached hydrogens (tertiary/aromatic N) is 1. The Kier molecular flexibility index (Phi) is 3.26. The maximum Gasteiger partial charge on any atom is 0.317 e. The third-order valence-corrected chi connectivity index (χ3v) is 4.46. The molecule has 0 amide bonds. The summed E-state index contributed by atoms with van der Waals surface area (Å²) in [5.74, 6) is 1.05. The van der Waals surface area contributed by atoms with Crippen molar-refractivity contribution in [3.63, 3.8) is 0 Å². The van der Waals surface area contributed by atoms with E-state index in [1.165, 1.54) is 25.7 Å². The number of hydrogen-bond donors (Lipinski definition) is 2. The summed E-state index contributed by atoms with van der Waals surface area (Å²) in [6.45, 7) is 2.17. The van der Waals surface area contributed by atoms with Crippen molar-refractivity contribution in [3.8, 4) is 0 Å². The molecule has 2 atom stereocenters. The Hall–Kier alpha value is -0.220. The highest BCUT2D eigenvalue weighted by molar-refractivity contribution is 7.80. The van der Waals surface area contributed by atoms with Crippen LogP contribution in [0, 0.1) is 11.3 Å². The van der Waals surface area contributed by atoms with Gasteiger partial charge in [0.25, 0.3) is 0 Å². The Labute approximate surface area is 96.2 Å². The lowest BCUT2D eigenvalue weighted by molar-refractivity contribution is -0.138. The van der Waals surface area contributed by atoms with Crippen LogP contribution in [0.5, 0.6) is 0 Å². The molecule has 1 heterocycles. The molecule has 86 valence electrons. The SMILES string of the molecule is O=C(O)CN1CC[C@]2(CC[C@H](CS)C2)C1. The Morgan fingerprint density at radius 2 is 2.33 bits per heavy atom. The molecule has 0 unspecified atom stereocenters. The number of hydrogen-bond acceptors (Lipinski definition) is 3. The van der Waals surface area contributed by atoms with Gasteiger partial charge in [0.15, 0.2) is 0 Å². The van der Waals surface area contributed by atoms with E-state index < -0.39 is 5.97 Å². The van der Waals surface area contributed by atoms with Crippen LogP contribution in [0.25, 0.3) is 0 Å². The molecule has 1 saturated heterocycles. The van der Waals surface area contributed by atoms with E-state index in [-0.39, 0.29) is 6.54 Å². The van der Waals surface area contributed by atoms with E-state index in [0.717, 1.165) is 24.8 Å². The predicted octanol–water partition coefficient (Wildman–Crippen LogP) is 1.49. The Bertz CT molecular complexity index is 259. The van der Waals surface area contributed by atoms with E-state index in [0.29, 0.717) is 5.41 Å². The second kappa shape index (κ2) is 4.34. The topological polar surface area (TPSA) is 40.5 Å². The summed E-state index contributed by atoms with van der Waals surface area (Å²) < 4.78 is 0. The molecule has 0 aromatic carbocycles. The summed E-state index contributed by atoms with van der Waals surface area (Å²) >= 11 is 4.36. The second-order valence-corrected chi connectivity index (χ2v) is 5.51. The van der Waals surface area contributed by atoms with E-state index in [9.17, 15) is 4.79 Å². The number of carboxylic acid groups (broad SMARTS) is 1. The van der Waals surface area contributed by atoms with Crippen LogP contribution in [-0.2, 0) is 4.79 Å². The zero-order chi connectivity index (χ0) is 10.9. The fraction of sp³-hybridized carbons (Fsp3) is 0.909. The van der Waals surface area contributed by atoms with Gasteiger partial charge in [-0.05, 0) is 49.3 Å². The van der Waals surface area contributed by atoms with Crippen molar-refractivity contribution in [2.24, 2.45) is 11.3 Å². The van der Waals surface area contributed by atoms with E-state index in [4.69, 9.17) is 5.11 Å². The third-order valence-electron chi connectivity index (χ3n) is 3.94. The van der Waals surface area contributed by atoms with Crippen LogP contribution < -0.4 is 0 Å². The minimum Gasteiger partial charge on any atom is -0.480 e. The monoisotopic (exact) mass is 229 g/mol. The molecule has 4 heteroatoms. The molecule has 0 aromatic heterocycles. The molecule has 2 rings (SSSR count). The van der Waals surface area contributed by atoms with Crippen molar-refractivity contribution in [3.05, 3.63) is 0 Å². The quantitative estimate of drug-likeness (QED) is 0.720. The van der Waals surface area contributed by atoms with Crippen molar-refractivity contribution >= 4 is 18.6 Å². The average Bonchev–Trinajstić information content (AvgIpc) is 2.74. The van der Waals surface area contributed by atoms with Crippen molar-refractivity contribution in [2.45, 2.75) is 25.7 Å². The number of rotatable bonds is 3. The number of thiol groups is 1. The first-order valence-electron chi connectivity index (χ1n) is 5.69. The summed E-state index contributed by atoms with van der Waals surface area (Å²) in [5, 5.41) is 8.75. The molecule has 1 spiro atoms. The molecule has 0 aromatic rings. The van der Waals surface area contributed by atoms with Crippen molar-refractivity contribution in [2.75, 3.05) is 25.4 Å². The van der Waals surface area contributed by atoms with Crippen molar-refractivity contribution in [1.29, 1.82) is 0 Å². The minimum absolute atomic E-state index is 0.216. The third kappa shape index (κ3) is 2.48. The number of likely N-dealkylation sites (tertiary alicyclic amines) is 1. The molecule has 2 aliphatic rings. The first-order valence-corrected chi connectivity index (χ1v) is 6.32. The standard InChI is InChI=1S/C11H19NO2S/c13-10(14)6-12-4-3-11(8-12)2-1-9(5-11)7-15/h9,15H,1-8H2,(H,13,14)/t9-,11-/m0/s1. The molecular weight excluding hydrogens is 210 g/mol. The Balaban J connectivity index is 1.89. The molecule has 3 nitrogen and oxygen atoms in total. The summed E-state index contributed by atoms with van der Waals surface area (Å²) in [6.07, 6.45) is 5.00. The van der Waals surface area contributed by atoms with Crippen LogP contribution in [0.15, 0.2) is 0 Å². The summed E-state index contributed by atoms with van der Waals surface area (Å²) in [4.78, 5) is 12.7. The first kappa shape index (κ1) is 11.3. The lowest BCUT2D eigenvalue weighted by atomic mass is 9.85. The normalized spacial score (nSPS) is 36.5. The largest absolute Gasteiger partial charge is 0.480 e. The van der Waals surface area contributed by atoms with Crippen molar-refractivity contribution < 1.29 is 9.90 Å². The maximum atomic E-state index is 10.6. The Morgan fingerprint density at radius 1 is 1.53 bits per heavy atom. The van der Waals surface area contributed by atoms with E-state index in [2.05, 4.69) is 17.5 Å². The summed E-state index contributed by atoms with van der Waals surface area (Å²) in [7, 11) is 0. The molecule has 1 saturated carbocycles. The van der Waals surface area contributed by atoms with Gasteiger partial charge in [-0.15, -0.1) is 0 Å². The van der Waals surface area contributed by atoms with Gasteiger partial charge in [0.1, 0.15) is 0 Å². The highest BCUT2D eigenvalue weighted by atomic mass is 32.1. The fourth-order valence-corrected chi connectivity index (χ4v) is 3.52. The highest BCUT2D eigenvalue weighted by Gasteiger charge is 2.43. The van der Waals surface area contributed by atoms with Crippen molar-refractivity contribution in [1.82, 2.24) is 4.90 Å². The van der Waals surface area contributed by atoms with Crippen LogP contribution in [-0.4, -0.2) is 41.4 Å². The lowest BCUT2D eigenvalue weighted by Gasteiger charge is -2.23. The van der Waals surface area contributed by atoms with Crippen LogP contribution in [0.1, 0.15) is 25.7 Å². The zero-order valence-electron chi connectivity index (χ0n) is 8.98. The van der Waals surface area contributed by atoms with Gasteiger partial charge in [-0.1, -0.05) is 0 Å². The van der Waals surface area contributed by atoms with E-state index in [1.807, 2.05) is 0 Å². The molecular formula is C11H19NO2S. The van der Waals surface area contributed by atoms with Crippen LogP contribution in [0.2, 0.25) is 0 Å². The van der Waals surface area contributed by atoms with E-state index in [1.54, 1.807) is 0 Å². The predicted molar refractivity (Wildman–Crippen MR) is 62.3 cm³/mol. The minimum atomic E-state index is -0.698. The van der Waals surface area contributed by atoms with Crippen LogP contribution in [0.4, 0.5) is 0 Å². The van der Waals surface area contributed by atoms with Gasteiger partial charge in [0.2, 0.25) is 0 Å². The molecule has 1 aliphatic heterocycles. The molecule has 15 heavy (non-hydrogen) atoms. The van der Waals surface area contributed by atoms with Gasteiger partial charge in [-0.2, -0.15) is 12.6 Å². The van der Waals surface area contributed by atoms with E-state index >= 15 is 0 Å². The summed E-state index contributed by atoms with van der Waals surface area (Å²) in [5.41, 5.74) is 0.433. The number of aliphatic carboxylic acids is 1. The smallest absolute Gasteiger partial charge is 0.317 e. The molecule has 1 aliphatic carbocycles. The first-order chi connectivity index (χ1) is 7.13. The number of carbonyl (C=O) groups is 1. The molecule has 2 fully saturated rings. The zero-order valence-corrected chi connectivity index (χ0v) is 9.88. The maximum absolute atomic E-state index is 10.6. The van der Waals surface area contributed by atoms with Gasteiger partial charge in [-0.3, -0.25) is 9.69 Å². The number of carboxylic acids is 1. The summed E-state index contributed by atoms with van der Waals surface area (Å²) in [6, 6.07) is 0. The van der Waals surface area contributed by atoms with Crippen LogP contribution >= 0.6 is 12.6 Å². The van der Waals surface area contributed by atoms with Gasteiger partial charge in [-0.25, -0.2) is 0 Å². The second-order valence-electron chi connectivity index (χ2n) is 5.15.